The van der Waals surface area contributed by atoms with Gasteiger partial charge in [0.25, 0.3) is 0 Å². The summed E-state index contributed by atoms with van der Waals surface area (Å²) >= 11 is 0. The molecule has 0 heterocycles. The lowest BCUT2D eigenvalue weighted by Crippen LogP contribution is -2.25. The maximum atomic E-state index is 11.0. The monoisotopic (exact) mass is 277 g/mol. The number of hydrogen-bond acceptors (Lipinski definition) is 2. The van der Waals surface area contributed by atoms with Gasteiger partial charge in [0.15, 0.2) is 0 Å². The van der Waals surface area contributed by atoms with Gasteiger partial charge in [-0.3, -0.25) is 0 Å². The fourth-order valence-corrected chi connectivity index (χ4v) is 2.58. The van der Waals surface area contributed by atoms with Crippen LogP contribution >= 0.6 is 0 Å². The maximum Gasteiger partial charge on any atom is 0.211 e. The fourth-order valence-electron chi connectivity index (χ4n) is 2.08. The zero-order chi connectivity index (χ0) is 13.9. The summed E-state index contributed by atoms with van der Waals surface area (Å²) in [6.07, 6.45) is 13.4. The van der Waals surface area contributed by atoms with Gasteiger partial charge in [0.2, 0.25) is 10.0 Å². The van der Waals surface area contributed by atoms with Gasteiger partial charge in [-0.1, -0.05) is 71.1 Å². The van der Waals surface area contributed by atoms with Crippen molar-refractivity contribution >= 4 is 10.0 Å². The summed E-state index contributed by atoms with van der Waals surface area (Å²) in [4.78, 5) is 0. The first-order chi connectivity index (χ1) is 8.48. The van der Waals surface area contributed by atoms with E-state index in [9.17, 15) is 8.42 Å². The van der Waals surface area contributed by atoms with E-state index in [0.29, 0.717) is 6.42 Å². The van der Waals surface area contributed by atoms with Crippen LogP contribution in [0.5, 0.6) is 0 Å². The minimum Gasteiger partial charge on any atom is -0.228 e. The van der Waals surface area contributed by atoms with Crippen LogP contribution in [0.1, 0.15) is 84.5 Å². The summed E-state index contributed by atoms with van der Waals surface area (Å²) < 4.78 is 22.0. The molecule has 0 saturated heterocycles. The Morgan fingerprint density at radius 1 is 0.833 bits per heavy atom. The summed E-state index contributed by atoms with van der Waals surface area (Å²) in [5, 5.41) is 4.69. The normalized spacial score (nSPS) is 13.7. The highest BCUT2D eigenvalue weighted by Gasteiger charge is 2.14. The van der Waals surface area contributed by atoms with Gasteiger partial charge >= 0.3 is 0 Å². The molecule has 0 aliphatic rings. The summed E-state index contributed by atoms with van der Waals surface area (Å²) in [6.45, 7) is 3.94. The van der Waals surface area contributed by atoms with E-state index in [4.69, 9.17) is 5.14 Å². The molecule has 0 aromatic heterocycles. The topological polar surface area (TPSA) is 60.2 Å². The molecule has 0 saturated carbocycles. The molecule has 0 fully saturated rings. The van der Waals surface area contributed by atoms with Gasteiger partial charge in [-0.25, -0.2) is 13.6 Å². The second-order valence-electron chi connectivity index (χ2n) is 5.37. The summed E-state index contributed by atoms with van der Waals surface area (Å²) in [5.74, 6) is 0. The predicted octanol–water partition coefficient (Wildman–Crippen LogP) is 3.97. The quantitative estimate of drug-likeness (QED) is 0.549. The molecule has 2 N–H and O–H groups in total. The summed E-state index contributed by atoms with van der Waals surface area (Å²) in [7, 11) is -3.31. The molecule has 110 valence electrons. The van der Waals surface area contributed by atoms with Crippen LogP contribution in [0, 0.1) is 0 Å². The zero-order valence-electron chi connectivity index (χ0n) is 12.2. The van der Waals surface area contributed by atoms with E-state index in [1.807, 2.05) is 0 Å². The Morgan fingerprint density at radius 2 is 1.22 bits per heavy atom. The van der Waals surface area contributed by atoms with Gasteiger partial charge in [-0.05, 0) is 13.3 Å². The molecule has 0 aliphatic carbocycles. The minimum atomic E-state index is -3.31. The van der Waals surface area contributed by atoms with Crippen LogP contribution in [0.25, 0.3) is 0 Å². The van der Waals surface area contributed by atoms with Crippen LogP contribution < -0.4 is 5.14 Å². The van der Waals surface area contributed by atoms with Crippen molar-refractivity contribution in [1.29, 1.82) is 0 Å². The highest BCUT2D eigenvalue weighted by molar-refractivity contribution is 7.89. The van der Waals surface area contributed by atoms with Crippen LogP contribution in [0.2, 0.25) is 0 Å². The van der Waals surface area contributed by atoms with E-state index in [0.717, 1.165) is 12.8 Å². The number of hydrogen-bond donors (Lipinski definition) is 1. The average Bonchev–Trinajstić information content (AvgIpc) is 2.30. The first-order valence-electron chi connectivity index (χ1n) is 7.50. The van der Waals surface area contributed by atoms with Crippen LogP contribution in [0.3, 0.4) is 0 Å². The Kier molecular flexibility index (Phi) is 10.7. The molecule has 18 heavy (non-hydrogen) atoms. The molecule has 1 unspecified atom stereocenters. The van der Waals surface area contributed by atoms with Gasteiger partial charge < -0.3 is 0 Å². The van der Waals surface area contributed by atoms with Crippen molar-refractivity contribution in [2.45, 2.75) is 89.7 Å². The summed E-state index contributed by atoms with van der Waals surface area (Å²) in [5.41, 5.74) is 0. The minimum absolute atomic E-state index is 0.383. The lowest BCUT2D eigenvalue weighted by atomic mass is 10.1. The molecular formula is C14H31NO2S. The Labute approximate surface area is 114 Å². The number of primary sulfonamides is 1. The molecule has 4 heteroatoms. The molecule has 0 aromatic carbocycles. The first-order valence-corrected chi connectivity index (χ1v) is 9.11. The third kappa shape index (κ3) is 11.0. The molecule has 0 radical (unpaired) electrons. The molecule has 1 atom stereocenters. The van der Waals surface area contributed by atoms with E-state index < -0.39 is 10.0 Å². The number of rotatable bonds is 12. The van der Waals surface area contributed by atoms with Crippen molar-refractivity contribution in [3.8, 4) is 0 Å². The Morgan fingerprint density at radius 3 is 1.61 bits per heavy atom. The van der Waals surface area contributed by atoms with E-state index in [1.54, 1.807) is 6.92 Å². The zero-order valence-corrected chi connectivity index (χ0v) is 13.0. The Hall–Kier alpha value is -0.0900. The Bertz CT molecular complexity index is 276. The Balaban J connectivity index is 3.22. The number of sulfonamides is 1. The van der Waals surface area contributed by atoms with E-state index in [1.165, 1.54) is 51.4 Å². The first kappa shape index (κ1) is 17.9. The molecular weight excluding hydrogens is 246 g/mol. The van der Waals surface area contributed by atoms with Gasteiger partial charge in [0.05, 0.1) is 5.25 Å². The SMILES string of the molecule is CCCCCCCCCCCCC(C)S(N)(=O)=O. The molecule has 0 amide bonds. The van der Waals surface area contributed by atoms with E-state index >= 15 is 0 Å². The number of unbranched alkanes of at least 4 members (excludes halogenated alkanes) is 9. The van der Waals surface area contributed by atoms with Gasteiger partial charge in [0, 0.05) is 0 Å². The third-order valence-electron chi connectivity index (χ3n) is 3.53. The third-order valence-corrected chi connectivity index (χ3v) is 4.88. The second kappa shape index (κ2) is 10.8. The van der Waals surface area contributed by atoms with Gasteiger partial charge in [-0.2, -0.15) is 0 Å². The standard InChI is InChI=1S/C14H31NO2S/c1-3-4-5-6-7-8-9-10-11-12-13-14(2)18(15,16)17/h14H,3-13H2,1-2H3,(H2,15,16,17). The lowest BCUT2D eigenvalue weighted by Gasteiger charge is -2.08. The fraction of sp³-hybridized carbons (Fsp3) is 1.00. The molecule has 0 aromatic rings. The van der Waals surface area contributed by atoms with Crippen molar-refractivity contribution in [2.75, 3.05) is 0 Å². The molecule has 0 bridgehead atoms. The van der Waals surface area contributed by atoms with E-state index in [-0.39, 0.29) is 5.25 Å². The van der Waals surface area contributed by atoms with Crippen molar-refractivity contribution < 1.29 is 8.42 Å². The smallest absolute Gasteiger partial charge is 0.211 e. The predicted molar refractivity (Wildman–Crippen MR) is 79.0 cm³/mol. The van der Waals surface area contributed by atoms with Crippen molar-refractivity contribution in [3.63, 3.8) is 0 Å². The largest absolute Gasteiger partial charge is 0.228 e. The van der Waals surface area contributed by atoms with Crippen molar-refractivity contribution in [2.24, 2.45) is 5.14 Å². The van der Waals surface area contributed by atoms with Crippen LogP contribution in [-0.2, 0) is 10.0 Å². The lowest BCUT2D eigenvalue weighted by molar-refractivity contribution is 0.539. The van der Waals surface area contributed by atoms with Gasteiger partial charge in [-0.15, -0.1) is 0 Å². The van der Waals surface area contributed by atoms with Crippen LogP contribution in [0.4, 0.5) is 0 Å². The van der Waals surface area contributed by atoms with Crippen LogP contribution in [-0.4, -0.2) is 13.7 Å². The highest BCUT2D eigenvalue weighted by Crippen LogP contribution is 2.13. The highest BCUT2D eigenvalue weighted by atomic mass is 32.2. The molecule has 3 nitrogen and oxygen atoms in total. The summed E-state index contributed by atoms with van der Waals surface area (Å²) in [6, 6.07) is 0. The molecule has 0 rings (SSSR count). The molecule has 0 aliphatic heterocycles. The van der Waals surface area contributed by atoms with Gasteiger partial charge in [0.1, 0.15) is 0 Å². The average molecular weight is 277 g/mol. The maximum absolute atomic E-state index is 11.0. The van der Waals surface area contributed by atoms with E-state index in [2.05, 4.69) is 6.92 Å². The number of nitrogens with two attached hydrogens (primary N) is 1. The molecule has 0 spiro atoms. The van der Waals surface area contributed by atoms with Crippen LogP contribution in [0.15, 0.2) is 0 Å². The second-order valence-corrected chi connectivity index (χ2v) is 7.35. The van der Waals surface area contributed by atoms with Crippen molar-refractivity contribution in [1.82, 2.24) is 0 Å². The van der Waals surface area contributed by atoms with Crippen molar-refractivity contribution in [3.05, 3.63) is 0 Å².